The van der Waals surface area contributed by atoms with Crippen molar-refractivity contribution >= 4 is 17.7 Å². The number of hydrogen-bond donors (Lipinski definition) is 0. The molecule has 0 saturated heterocycles. The van der Waals surface area contributed by atoms with E-state index >= 15 is 0 Å². The summed E-state index contributed by atoms with van der Waals surface area (Å²) in [6.45, 7) is 6.73. The van der Waals surface area contributed by atoms with E-state index in [1.807, 2.05) is 13.8 Å². The molecule has 0 amide bonds. The van der Waals surface area contributed by atoms with Crippen molar-refractivity contribution in [2.45, 2.75) is 46.6 Å². The molecule has 0 aromatic carbocycles. The smallest absolute Gasteiger partial charge is 0.333 e. The van der Waals surface area contributed by atoms with E-state index in [9.17, 15) is 14.4 Å². The van der Waals surface area contributed by atoms with Crippen LogP contribution in [0.3, 0.4) is 0 Å². The van der Waals surface area contributed by atoms with Crippen LogP contribution in [-0.2, 0) is 23.9 Å². The highest BCUT2D eigenvalue weighted by Gasteiger charge is 2.30. The molecule has 1 atom stereocenters. The zero-order chi connectivity index (χ0) is 17.6. The zero-order valence-corrected chi connectivity index (χ0v) is 14.3. The second kappa shape index (κ2) is 7.90. The minimum atomic E-state index is -0.670. The van der Waals surface area contributed by atoms with Crippen molar-refractivity contribution in [3.05, 3.63) is 35.5 Å². The lowest BCUT2D eigenvalue weighted by atomic mass is 9.84. The van der Waals surface area contributed by atoms with Crippen LogP contribution in [0.15, 0.2) is 35.5 Å². The third-order valence-electron chi connectivity index (χ3n) is 3.74. The highest BCUT2D eigenvalue weighted by Crippen LogP contribution is 2.29. The van der Waals surface area contributed by atoms with Gasteiger partial charge in [-0.2, -0.15) is 0 Å². The molecular weight excluding hydrogens is 296 g/mol. The molecule has 1 rings (SSSR count). The van der Waals surface area contributed by atoms with Crippen molar-refractivity contribution in [1.29, 1.82) is 0 Å². The van der Waals surface area contributed by atoms with Gasteiger partial charge in [0.2, 0.25) is 0 Å². The Morgan fingerprint density at radius 2 is 1.96 bits per heavy atom. The molecule has 0 N–H and O–H groups in total. The summed E-state index contributed by atoms with van der Waals surface area (Å²) < 4.78 is 10.2. The predicted molar refractivity (Wildman–Crippen MR) is 86.6 cm³/mol. The lowest BCUT2D eigenvalue weighted by Crippen LogP contribution is -2.31. The second-order valence-corrected chi connectivity index (χ2v) is 6.16. The summed E-state index contributed by atoms with van der Waals surface area (Å²) in [5.41, 5.74) is 0.399. The van der Waals surface area contributed by atoms with Gasteiger partial charge in [-0.1, -0.05) is 26.0 Å². The van der Waals surface area contributed by atoms with Crippen molar-refractivity contribution in [2.75, 3.05) is 7.11 Å². The number of rotatable bonds is 2. The minimum Gasteiger partial charge on any atom is -0.466 e. The Balaban J connectivity index is 3.35. The number of carbonyl (C=O) groups is 3. The summed E-state index contributed by atoms with van der Waals surface area (Å²) in [6.07, 6.45) is 6.87. The number of allylic oxidation sites excluding steroid dienone is 3. The van der Waals surface area contributed by atoms with Crippen LogP contribution < -0.4 is 0 Å². The molecule has 0 saturated carbocycles. The van der Waals surface area contributed by atoms with E-state index in [4.69, 9.17) is 9.47 Å². The number of esters is 2. The number of ketones is 1. The highest BCUT2D eigenvalue weighted by molar-refractivity contribution is 6.03. The Morgan fingerprint density at radius 1 is 1.30 bits per heavy atom. The molecule has 5 nitrogen and oxygen atoms in total. The van der Waals surface area contributed by atoms with E-state index in [0.717, 1.165) is 0 Å². The van der Waals surface area contributed by atoms with Gasteiger partial charge in [-0.15, -0.1) is 0 Å². The molecule has 0 heterocycles. The van der Waals surface area contributed by atoms with Gasteiger partial charge in [0.05, 0.1) is 7.11 Å². The van der Waals surface area contributed by atoms with Crippen molar-refractivity contribution in [1.82, 2.24) is 0 Å². The Bertz CT molecular complexity index is 578. The monoisotopic (exact) mass is 320 g/mol. The Kier molecular flexibility index (Phi) is 6.49. The highest BCUT2D eigenvalue weighted by atomic mass is 16.5. The second-order valence-electron chi connectivity index (χ2n) is 6.16. The molecule has 0 radical (unpaired) electrons. The van der Waals surface area contributed by atoms with Gasteiger partial charge in [0.15, 0.2) is 5.78 Å². The molecule has 1 aliphatic rings. The quantitative estimate of drug-likeness (QED) is 0.732. The standard InChI is InChI=1S/C18H24O5/c1-12-7-6-8-14(17(21)22-5)11-16(23-13(2)19)18(3,4)10-9-15(12)20/h7,9-11,16H,6,8H2,1-5H3/b10-9+,12-7+,14-11-/t16-/m0/s1. The first kappa shape index (κ1) is 18.9. The minimum absolute atomic E-state index is 0.0961. The lowest BCUT2D eigenvalue weighted by Gasteiger charge is -2.29. The summed E-state index contributed by atoms with van der Waals surface area (Å²) in [7, 11) is 1.31. The number of carbonyl (C=O) groups excluding carboxylic acids is 3. The lowest BCUT2D eigenvalue weighted by molar-refractivity contribution is -0.148. The molecule has 5 heteroatoms. The van der Waals surface area contributed by atoms with Gasteiger partial charge < -0.3 is 9.47 Å². The summed E-state index contributed by atoms with van der Waals surface area (Å²) in [5.74, 6) is -1.01. The normalized spacial score (nSPS) is 27.5. The predicted octanol–water partition coefficient (Wildman–Crippen LogP) is 2.91. The van der Waals surface area contributed by atoms with Gasteiger partial charge in [-0.05, 0) is 37.5 Å². The van der Waals surface area contributed by atoms with Gasteiger partial charge in [-0.25, -0.2) is 4.79 Å². The molecule has 0 aliphatic heterocycles. The first-order valence-electron chi connectivity index (χ1n) is 7.54. The summed E-state index contributed by atoms with van der Waals surface area (Å²) in [6, 6.07) is 0. The number of methoxy groups -OCH3 is 1. The summed E-state index contributed by atoms with van der Waals surface area (Å²) >= 11 is 0. The fourth-order valence-corrected chi connectivity index (χ4v) is 2.21. The van der Waals surface area contributed by atoms with Crippen LogP contribution in [0.5, 0.6) is 0 Å². The van der Waals surface area contributed by atoms with E-state index in [-0.39, 0.29) is 5.78 Å². The molecular formula is C18H24O5. The van der Waals surface area contributed by atoms with E-state index in [2.05, 4.69) is 0 Å². The fourth-order valence-electron chi connectivity index (χ4n) is 2.21. The van der Waals surface area contributed by atoms with Crippen molar-refractivity contribution in [2.24, 2.45) is 5.41 Å². The van der Waals surface area contributed by atoms with Crippen LogP contribution in [0.1, 0.15) is 40.5 Å². The van der Waals surface area contributed by atoms with E-state index in [0.29, 0.717) is 24.0 Å². The molecule has 0 bridgehead atoms. The molecule has 1 aliphatic carbocycles. The van der Waals surface area contributed by atoms with Gasteiger partial charge in [0, 0.05) is 17.9 Å². The van der Waals surface area contributed by atoms with Gasteiger partial charge in [-0.3, -0.25) is 9.59 Å². The van der Waals surface area contributed by atoms with Gasteiger partial charge >= 0.3 is 11.9 Å². The molecule has 23 heavy (non-hydrogen) atoms. The third-order valence-corrected chi connectivity index (χ3v) is 3.74. The van der Waals surface area contributed by atoms with Crippen LogP contribution in [0.25, 0.3) is 0 Å². The van der Waals surface area contributed by atoms with Gasteiger partial charge in [0.1, 0.15) is 6.10 Å². The average molecular weight is 320 g/mol. The number of hydrogen-bond acceptors (Lipinski definition) is 5. The van der Waals surface area contributed by atoms with Crippen LogP contribution in [0.2, 0.25) is 0 Å². The Morgan fingerprint density at radius 3 is 2.52 bits per heavy atom. The molecule has 0 aromatic heterocycles. The maximum Gasteiger partial charge on any atom is 0.333 e. The third kappa shape index (κ3) is 5.51. The van der Waals surface area contributed by atoms with Crippen LogP contribution in [0.4, 0.5) is 0 Å². The molecule has 126 valence electrons. The van der Waals surface area contributed by atoms with Crippen LogP contribution in [0, 0.1) is 5.41 Å². The van der Waals surface area contributed by atoms with E-state index in [1.165, 1.54) is 20.1 Å². The SMILES string of the molecule is COC(=O)/C1=C\[C@H](OC(C)=O)C(C)(C)/C=C/C(=O)/C(C)=C/CC1. The maximum absolute atomic E-state index is 12.1. The Labute approximate surface area is 137 Å². The van der Waals surface area contributed by atoms with Crippen molar-refractivity contribution in [3.63, 3.8) is 0 Å². The summed E-state index contributed by atoms with van der Waals surface area (Å²) in [4.78, 5) is 35.4. The number of ether oxygens (including phenoxy) is 2. The van der Waals surface area contributed by atoms with Crippen molar-refractivity contribution in [3.8, 4) is 0 Å². The van der Waals surface area contributed by atoms with Crippen LogP contribution >= 0.6 is 0 Å². The molecule has 0 spiro atoms. The first-order valence-corrected chi connectivity index (χ1v) is 7.54. The molecule has 0 unspecified atom stereocenters. The Hall–Kier alpha value is -2.17. The van der Waals surface area contributed by atoms with E-state index < -0.39 is 23.5 Å². The fraction of sp³-hybridized carbons (Fsp3) is 0.500. The maximum atomic E-state index is 12.1. The average Bonchev–Trinajstić information content (AvgIpc) is 2.49. The van der Waals surface area contributed by atoms with Crippen LogP contribution in [-0.4, -0.2) is 30.9 Å². The van der Waals surface area contributed by atoms with E-state index in [1.54, 1.807) is 25.2 Å². The first-order chi connectivity index (χ1) is 10.7. The molecule has 0 fully saturated rings. The van der Waals surface area contributed by atoms with Gasteiger partial charge in [0.25, 0.3) is 0 Å². The zero-order valence-electron chi connectivity index (χ0n) is 14.3. The largest absolute Gasteiger partial charge is 0.466 e. The summed E-state index contributed by atoms with van der Waals surface area (Å²) in [5, 5.41) is 0. The van der Waals surface area contributed by atoms with Crippen molar-refractivity contribution < 1.29 is 23.9 Å². The topological polar surface area (TPSA) is 69.7 Å². The molecule has 0 aromatic rings.